The zero-order valence-corrected chi connectivity index (χ0v) is 12.1. The first kappa shape index (κ1) is 13.8. The van der Waals surface area contributed by atoms with Crippen molar-refractivity contribution < 1.29 is 9.29 Å². The quantitative estimate of drug-likeness (QED) is 0.847. The molecule has 0 saturated carbocycles. The molecule has 1 aromatic rings. The standard InChI is InChI=1S/C13H20N2O2S/c1-10-5-6-11(14-7-10)13(8-17-9-13)15-18(16)12(2,3)4/h5-7,15H,8-9H2,1-4H3/t18-/m1/s1. The minimum absolute atomic E-state index is 0.298. The molecule has 0 aliphatic carbocycles. The molecule has 4 nitrogen and oxygen atoms in total. The Kier molecular flexibility index (Phi) is 3.69. The highest BCUT2D eigenvalue weighted by atomic mass is 32.2. The van der Waals surface area contributed by atoms with Gasteiger partial charge in [0.2, 0.25) is 0 Å². The van der Waals surface area contributed by atoms with Crippen LogP contribution < -0.4 is 4.72 Å². The lowest BCUT2D eigenvalue weighted by Gasteiger charge is -2.42. The molecule has 1 aliphatic heterocycles. The molecule has 100 valence electrons. The summed E-state index contributed by atoms with van der Waals surface area (Å²) in [4.78, 5) is 4.43. The molecule has 0 aromatic carbocycles. The Labute approximate surface area is 111 Å². The van der Waals surface area contributed by atoms with Gasteiger partial charge in [0.05, 0.1) is 18.9 Å². The first-order valence-corrected chi connectivity index (χ1v) is 7.19. The number of hydrogen-bond acceptors (Lipinski definition) is 4. The Morgan fingerprint density at radius 3 is 2.44 bits per heavy atom. The summed E-state index contributed by atoms with van der Waals surface area (Å²) in [6.07, 6.45) is 1.83. The molecule has 1 saturated heterocycles. The van der Waals surface area contributed by atoms with Gasteiger partial charge in [0, 0.05) is 17.6 Å². The number of hydrogen-bond donors (Lipinski definition) is 1. The van der Waals surface area contributed by atoms with Crippen molar-refractivity contribution in [2.75, 3.05) is 13.2 Å². The number of rotatable bonds is 3. The maximum absolute atomic E-state index is 12.2. The highest BCUT2D eigenvalue weighted by molar-refractivity contribution is 7.90. The second-order valence-electron chi connectivity index (χ2n) is 5.78. The van der Waals surface area contributed by atoms with Crippen molar-refractivity contribution in [1.29, 1.82) is 0 Å². The number of nitrogens with zero attached hydrogens (tertiary/aromatic N) is 1. The summed E-state index contributed by atoms with van der Waals surface area (Å²) in [5, 5.41) is 0. The highest BCUT2D eigenvalue weighted by Crippen LogP contribution is 2.31. The topological polar surface area (TPSA) is 57.2 Å². The largest absolute Gasteiger partial charge is 0.598 e. The minimum Gasteiger partial charge on any atom is -0.598 e. The van der Waals surface area contributed by atoms with Gasteiger partial charge >= 0.3 is 0 Å². The summed E-state index contributed by atoms with van der Waals surface area (Å²) < 4.78 is 20.4. The van der Waals surface area contributed by atoms with Crippen molar-refractivity contribution in [3.63, 3.8) is 0 Å². The van der Waals surface area contributed by atoms with E-state index in [1.165, 1.54) is 0 Å². The fraction of sp³-hybridized carbons (Fsp3) is 0.615. The number of pyridine rings is 1. The van der Waals surface area contributed by atoms with Crippen LogP contribution in [0.5, 0.6) is 0 Å². The minimum atomic E-state index is -1.13. The molecule has 1 aromatic heterocycles. The fourth-order valence-corrected chi connectivity index (χ4v) is 2.53. The van der Waals surface area contributed by atoms with E-state index in [0.29, 0.717) is 13.2 Å². The van der Waals surface area contributed by atoms with E-state index in [4.69, 9.17) is 4.74 Å². The molecular weight excluding hydrogens is 248 g/mol. The molecule has 2 heterocycles. The van der Waals surface area contributed by atoms with Crippen LogP contribution in [0.1, 0.15) is 32.0 Å². The lowest BCUT2D eigenvalue weighted by atomic mass is 9.94. The Morgan fingerprint density at radius 2 is 2.06 bits per heavy atom. The van der Waals surface area contributed by atoms with Gasteiger partial charge in [-0.15, -0.1) is 4.72 Å². The van der Waals surface area contributed by atoms with E-state index in [2.05, 4.69) is 9.71 Å². The molecule has 5 heteroatoms. The summed E-state index contributed by atoms with van der Waals surface area (Å²) >= 11 is -1.13. The Bertz CT molecular complexity index is 410. The van der Waals surface area contributed by atoms with E-state index in [0.717, 1.165) is 11.3 Å². The molecule has 1 fully saturated rings. The van der Waals surface area contributed by atoms with Crippen LogP contribution in [0.4, 0.5) is 0 Å². The summed E-state index contributed by atoms with van der Waals surface area (Å²) in [7, 11) is 0. The fourth-order valence-electron chi connectivity index (χ4n) is 1.65. The van der Waals surface area contributed by atoms with E-state index in [9.17, 15) is 4.55 Å². The van der Waals surface area contributed by atoms with Crippen LogP contribution in [0.2, 0.25) is 0 Å². The van der Waals surface area contributed by atoms with Gasteiger partial charge in [-0.2, -0.15) is 0 Å². The normalized spacial score (nSPS) is 20.3. The summed E-state index contributed by atoms with van der Waals surface area (Å²) in [6.45, 7) is 8.89. The average molecular weight is 268 g/mol. The van der Waals surface area contributed by atoms with Crippen molar-refractivity contribution >= 4 is 11.4 Å². The van der Waals surface area contributed by atoms with Crippen molar-refractivity contribution in [3.8, 4) is 0 Å². The van der Waals surface area contributed by atoms with Crippen molar-refractivity contribution in [3.05, 3.63) is 29.6 Å². The van der Waals surface area contributed by atoms with Crippen LogP contribution in [-0.2, 0) is 21.6 Å². The molecule has 2 rings (SSSR count). The molecule has 0 bridgehead atoms. The first-order valence-electron chi connectivity index (χ1n) is 6.04. The van der Waals surface area contributed by atoms with Crippen molar-refractivity contribution in [2.45, 2.75) is 38.0 Å². The molecule has 0 amide bonds. The molecule has 1 aliphatic rings. The molecule has 0 unspecified atom stereocenters. The third kappa shape index (κ3) is 2.69. The number of ether oxygens (including phenoxy) is 1. The van der Waals surface area contributed by atoms with Gasteiger partial charge in [0.25, 0.3) is 0 Å². The third-order valence-electron chi connectivity index (χ3n) is 2.94. The Hall–Kier alpha value is -0.620. The maximum atomic E-state index is 12.2. The van der Waals surface area contributed by atoms with Crippen LogP contribution in [0.25, 0.3) is 0 Å². The lowest BCUT2D eigenvalue weighted by molar-refractivity contribution is -0.0688. The van der Waals surface area contributed by atoms with Gasteiger partial charge in [-0.1, -0.05) is 6.07 Å². The SMILES string of the molecule is Cc1ccc(C2(N[S@+]([O-])C(C)(C)C)COC2)nc1. The molecular formula is C13H20N2O2S. The smallest absolute Gasteiger partial charge is 0.151 e. The van der Waals surface area contributed by atoms with E-state index in [1.54, 1.807) is 0 Å². The van der Waals surface area contributed by atoms with Gasteiger partial charge < -0.3 is 9.29 Å². The monoisotopic (exact) mass is 268 g/mol. The summed E-state index contributed by atoms with van der Waals surface area (Å²) in [5.74, 6) is 0. The average Bonchev–Trinajstić information content (AvgIpc) is 2.23. The molecule has 0 radical (unpaired) electrons. The van der Waals surface area contributed by atoms with Gasteiger partial charge in [-0.3, -0.25) is 4.98 Å². The van der Waals surface area contributed by atoms with Crippen molar-refractivity contribution in [1.82, 2.24) is 9.71 Å². The maximum Gasteiger partial charge on any atom is 0.151 e. The van der Waals surface area contributed by atoms with E-state index in [-0.39, 0.29) is 4.75 Å². The van der Waals surface area contributed by atoms with Gasteiger partial charge in [-0.05, 0) is 39.3 Å². The van der Waals surface area contributed by atoms with Crippen LogP contribution in [0, 0.1) is 6.92 Å². The molecule has 1 N–H and O–H groups in total. The zero-order chi connectivity index (χ0) is 13.4. The van der Waals surface area contributed by atoms with Gasteiger partial charge in [-0.25, -0.2) is 0 Å². The van der Waals surface area contributed by atoms with Gasteiger partial charge in [0.1, 0.15) is 4.75 Å². The van der Waals surface area contributed by atoms with Crippen LogP contribution in [-0.4, -0.2) is 27.5 Å². The Morgan fingerprint density at radius 1 is 1.39 bits per heavy atom. The van der Waals surface area contributed by atoms with E-state index >= 15 is 0 Å². The number of aryl methyl sites for hydroxylation is 1. The van der Waals surface area contributed by atoms with Crippen molar-refractivity contribution in [2.24, 2.45) is 0 Å². The molecule has 18 heavy (non-hydrogen) atoms. The number of nitrogens with one attached hydrogen (secondary N) is 1. The van der Waals surface area contributed by atoms with E-state index in [1.807, 2.05) is 46.0 Å². The lowest BCUT2D eigenvalue weighted by Crippen LogP contribution is -2.62. The molecule has 0 spiro atoms. The van der Waals surface area contributed by atoms with Crippen LogP contribution in [0.15, 0.2) is 18.3 Å². The highest BCUT2D eigenvalue weighted by Gasteiger charge is 2.47. The number of aromatic nitrogens is 1. The molecule has 1 atom stereocenters. The summed E-state index contributed by atoms with van der Waals surface area (Å²) in [6, 6.07) is 3.99. The van der Waals surface area contributed by atoms with E-state index < -0.39 is 16.9 Å². The third-order valence-corrected chi connectivity index (χ3v) is 4.63. The van der Waals surface area contributed by atoms with Gasteiger partial charge in [0.15, 0.2) is 5.54 Å². The first-order chi connectivity index (χ1) is 8.33. The van der Waals surface area contributed by atoms with Crippen LogP contribution >= 0.6 is 0 Å². The second-order valence-corrected chi connectivity index (χ2v) is 7.75. The second kappa shape index (κ2) is 4.81. The van der Waals surface area contributed by atoms with Crippen LogP contribution in [0.3, 0.4) is 0 Å². The summed E-state index contributed by atoms with van der Waals surface area (Å²) in [5.41, 5.74) is 1.62. The zero-order valence-electron chi connectivity index (χ0n) is 11.3. The Balaban J connectivity index is 2.18. The predicted octanol–water partition coefficient (Wildman–Crippen LogP) is 1.67. The predicted molar refractivity (Wildman–Crippen MR) is 72.5 cm³/mol.